The molecule has 1 heterocycles. The Hall–Kier alpha value is -0.890. The molecule has 0 aliphatic heterocycles. The highest BCUT2D eigenvalue weighted by Crippen LogP contribution is 2.47. The summed E-state index contributed by atoms with van der Waals surface area (Å²) in [5, 5.41) is 3.61. The Kier molecular flexibility index (Phi) is 2.79. The highest BCUT2D eigenvalue weighted by Gasteiger charge is 2.42. The van der Waals surface area contributed by atoms with E-state index < -0.39 is 0 Å². The maximum absolute atomic E-state index is 4.11. The fourth-order valence-corrected chi connectivity index (χ4v) is 1.84. The second-order valence-electron chi connectivity index (χ2n) is 5.06. The number of aromatic nitrogens is 1. The van der Waals surface area contributed by atoms with Gasteiger partial charge in [0.05, 0.1) is 0 Å². The van der Waals surface area contributed by atoms with Gasteiger partial charge in [-0.05, 0) is 49.3 Å². The predicted molar refractivity (Wildman–Crippen MR) is 62.6 cm³/mol. The average molecular weight is 204 g/mol. The summed E-state index contributed by atoms with van der Waals surface area (Å²) >= 11 is 0. The van der Waals surface area contributed by atoms with E-state index in [0.29, 0.717) is 11.5 Å². The first-order valence-electron chi connectivity index (χ1n) is 5.75. The molecule has 2 nitrogen and oxygen atoms in total. The zero-order valence-corrected chi connectivity index (χ0v) is 9.88. The summed E-state index contributed by atoms with van der Waals surface area (Å²) in [4.78, 5) is 4.11. The van der Waals surface area contributed by atoms with Gasteiger partial charge in [-0.3, -0.25) is 4.98 Å². The van der Waals surface area contributed by atoms with Crippen LogP contribution in [0.5, 0.6) is 0 Å². The third-order valence-corrected chi connectivity index (χ3v) is 3.82. The molecule has 0 bridgehead atoms. The molecule has 1 aliphatic carbocycles. The van der Waals surface area contributed by atoms with Crippen molar-refractivity contribution in [3.05, 3.63) is 29.6 Å². The molecule has 2 rings (SSSR count). The fourth-order valence-electron chi connectivity index (χ4n) is 1.84. The zero-order valence-electron chi connectivity index (χ0n) is 9.88. The molecule has 1 fully saturated rings. The number of rotatable bonds is 4. The van der Waals surface area contributed by atoms with Gasteiger partial charge in [-0.15, -0.1) is 0 Å². The Bertz CT molecular complexity index is 342. The van der Waals surface area contributed by atoms with Crippen molar-refractivity contribution in [2.75, 3.05) is 0 Å². The molecule has 0 saturated heterocycles. The lowest BCUT2D eigenvalue weighted by Crippen LogP contribution is -2.32. The number of aryl methyl sites for hydroxylation is 1. The van der Waals surface area contributed by atoms with Crippen molar-refractivity contribution in [1.82, 2.24) is 10.3 Å². The summed E-state index contributed by atoms with van der Waals surface area (Å²) in [6.07, 6.45) is 6.54. The zero-order chi connectivity index (χ0) is 10.9. The van der Waals surface area contributed by atoms with Crippen LogP contribution >= 0.6 is 0 Å². The Morgan fingerprint density at radius 3 is 2.87 bits per heavy atom. The van der Waals surface area contributed by atoms with Gasteiger partial charge in [0.25, 0.3) is 0 Å². The van der Waals surface area contributed by atoms with E-state index in [0.717, 1.165) is 6.54 Å². The highest BCUT2D eigenvalue weighted by atomic mass is 14.9. The molecule has 1 saturated carbocycles. The van der Waals surface area contributed by atoms with E-state index in [9.17, 15) is 0 Å². The fraction of sp³-hybridized carbons (Fsp3) is 0.615. The Balaban J connectivity index is 1.90. The maximum Gasteiger partial charge on any atom is 0.0300 e. The minimum absolute atomic E-state index is 0.556. The van der Waals surface area contributed by atoms with Crippen LogP contribution in [0.3, 0.4) is 0 Å². The molecule has 1 aromatic rings. The molecule has 1 aliphatic rings. The van der Waals surface area contributed by atoms with Crippen molar-refractivity contribution in [2.45, 2.75) is 46.2 Å². The number of nitrogens with zero attached hydrogens (tertiary/aromatic N) is 1. The van der Waals surface area contributed by atoms with E-state index in [2.05, 4.69) is 37.1 Å². The normalized spacial score (nSPS) is 19.9. The van der Waals surface area contributed by atoms with Gasteiger partial charge in [0.1, 0.15) is 0 Å². The molecule has 0 radical (unpaired) electrons. The van der Waals surface area contributed by atoms with Crippen LogP contribution < -0.4 is 5.32 Å². The van der Waals surface area contributed by atoms with Crippen LogP contribution in [0.1, 0.15) is 37.8 Å². The molecule has 1 N–H and O–H groups in total. The van der Waals surface area contributed by atoms with Gasteiger partial charge in [0, 0.05) is 25.0 Å². The first-order valence-corrected chi connectivity index (χ1v) is 5.75. The lowest BCUT2D eigenvalue weighted by atomic mass is 10.0. The van der Waals surface area contributed by atoms with Crippen LogP contribution in [0.25, 0.3) is 0 Å². The number of nitrogens with one attached hydrogen (secondary N) is 1. The largest absolute Gasteiger partial charge is 0.310 e. The van der Waals surface area contributed by atoms with Crippen molar-refractivity contribution >= 4 is 0 Å². The van der Waals surface area contributed by atoms with Crippen molar-refractivity contribution in [3.63, 3.8) is 0 Å². The van der Waals surface area contributed by atoms with E-state index in [1.165, 1.54) is 24.0 Å². The van der Waals surface area contributed by atoms with Gasteiger partial charge in [0.15, 0.2) is 0 Å². The average Bonchev–Trinajstić information content (AvgIpc) is 2.96. The van der Waals surface area contributed by atoms with Gasteiger partial charge in [-0.1, -0.05) is 6.92 Å². The molecule has 1 unspecified atom stereocenters. The first-order chi connectivity index (χ1) is 7.12. The second-order valence-corrected chi connectivity index (χ2v) is 5.06. The summed E-state index contributed by atoms with van der Waals surface area (Å²) < 4.78 is 0. The summed E-state index contributed by atoms with van der Waals surface area (Å²) in [6, 6.07) is 2.72. The van der Waals surface area contributed by atoms with Crippen LogP contribution in [-0.4, -0.2) is 11.0 Å². The highest BCUT2D eigenvalue weighted by molar-refractivity contribution is 5.21. The number of hydrogen-bond acceptors (Lipinski definition) is 2. The van der Waals surface area contributed by atoms with E-state index in [-0.39, 0.29) is 0 Å². The van der Waals surface area contributed by atoms with Crippen LogP contribution in [0.15, 0.2) is 18.5 Å². The molecule has 1 atom stereocenters. The van der Waals surface area contributed by atoms with Crippen LogP contribution in [0.4, 0.5) is 0 Å². The van der Waals surface area contributed by atoms with Gasteiger partial charge < -0.3 is 5.32 Å². The topological polar surface area (TPSA) is 24.9 Å². The summed E-state index contributed by atoms with van der Waals surface area (Å²) in [5.74, 6) is 0. The second kappa shape index (κ2) is 3.93. The minimum Gasteiger partial charge on any atom is -0.310 e. The lowest BCUT2D eigenvalue weighted by Gasteiger charge is -2.20. The first kappa shape index (κ1) is 10.6. The summed E-state index contributed by atoms with van der Waals surface area (Å²) in [7, 11) is 0. The monoisotopic (exact) mass is 204 g/mol. The number of hydrogen-bond donors (Lipinski definition) is 1. The quantitative estimate of drug-likeness (QED) is 0.815. The maximum atomic E-state index is 4.11. The SMILES string of the molecule is Cc1cnccc1CNC(C)C1(C)CC1. The van der Waals surface area contributed by atoms with Crippen LogP contribution in [0.2, 0.25) is 0 Å². The molecule has 0 aromatic carbocycles. The summed E-state index contributed by atoms with van der Waals surface area (Å²) in [5.41, 5.74) is 3.19. The van der Waals surface area contributed by atoms with Gasteiger partial charge >= 0.3 is 0 Å². The Morgan fingerprint density at radius 2 is 2.27 bits per heavy atom. The molecule has 82 valence electrons. The molecule has 15 heavy (non-hydrogen) atoms. The van der Waals surface area contributed by atoms with Crippen LogP contribution in [-0.2, 0) is 6.54 Å². The number of pyridine rings is 1. The predicted octanol–water partition coefficient (Wildman–Crippen LogP) is 2.67. The third-order valence-electron chi connectivity index (χ3n) is 3.82. The van der Waals surface area contributed by atoms with Crippen molar-refractivity contribution in [2.24, 2.45) is 5.41 Å². The van der Waals surface area contributed by atoms with Gasteiger partial charge in [-0.25, -0.2) is 0 Å². The van der Waals surface area contributed by atoms with E-state index in [1.54, 1.807) is 0 Å². The standard InChI is InChI=1S/C13H20N2/c1-10-8-14-7-4-12(10)9-15-11(2)13(3)5-6-13/h4,7-8,11,15H,5-6,9H2,1-3H3. The Labute approximate surface area is 92.1 Å². The van der Waals surface area contributed by atoms with E-state index in [4.69, 9.17) is 0 Å². The molecule has 0 amide bonds. The molecular formula is C13H20N2. The molecule has 1 aromatic heterocycles. The van der Waals surface area contributed by atoms with Crippen molar-refractivity contribution in [3.8, 4) is 0 Å². The Morgan fingerprint density at radius 1 is 1.53 bits per heavy atom. The van der Waals surface area contributed by atoms with Gasteiger partial charge in [-0.2, -0.15) is 0 Å². The molecule has 0 spiro atoms. The van der Waals surface area contributed by atoms with Crippen molar-refractivity contribution in [1.29, 1.82) is 0 Å². The van der Waals surface area contributed by atoms with Crippen LogP contribution in [0, 0.1) is 12.3 Å². The van der Waals surface area contributed by atoms with E-state index >= 15 is 0 Å². The molecular weight excluding hydrogens is 184 g/mol. The van der Waals surface area contributed by atoms with E-state index in [1.807, 2.05) is 12.4 Å². The summed E-state index contributed by atoms with van der Waals surface area (Å²) in [6.45, 7) is 7.74. The van der Waals surface area contributed by atoms with Gasteiger partial charge in [0.2, 0.25) is 0 Å². The molecule has 2 heteroatoms. The third kappa shape index (κ3) is 2.37. The smallest absolute Gasteiger partial charge is 0.0300 e. The van der Waals surface area contributed by atoms with Crippen molar-refractivity contribution < 1.29 is 0 Å². The minimum atomic E-state index is 0.556. The lowest BCUT2D eigenvalue weighted by molar-refractivity contribution is 0.379.